The van der Waals surface area contributed by atoms with Crippen LogP contribution in [0.5, 0.6) is 0 Å². The number of hydrogen-bond donors (Lipinski definition) is 1. The van der Waals surface area contributed by atoms with Gasteiger partial charge in [-0.25, -0.2) is 8.42 Å². The highest BCUT2D eigenvalue weighted by molar-refractivity contribution is 9.10. The molecule has 1 heterocycles. The molecule has 1 saturated heterocycles. The number of rotatable bonds is 6. The molecule has 0 radical (unpaired) electrons. The van der Waals surface area contributed by atoms with Crippen LogP contribution in [0, 0.1) is 0 Å². The van der Waals surface area contributed by atoms with E-state index >= 15 is 0 Å². The first-order chi connectivity index (χ1) is 12.4. The maximum Gasteiger partial charge on any atom is 0.235 e. The fraction of sp³-hybridized carbons (Fsp3) is 0.632. The highest BCUT2D eigenvalue weighted by Gasteiger charge is 2.36. The van der Waals surface area contributed by atoms with E-state index in [9.17, 15) is 13.2 Å². The summed E-state index contributed by atoms with van der Waals surface area (Å²) in [6.07, 6.45) is 4.89. The molecule has 0 spiro atoms. The first-order valence-electron chi connectivity index (χ1n) is 9.23. The lowest BCUT2D eigenvalue weighted by Gasteiger charge is -2.38. The van der Waals surface area contributed by atoms with Crippen LogP contribution in [0.15, 0.2) is 28.7 Å². The number of benzene rings is 1. The number of amides is 1. The maximum atomic E-state index is 12.4. The Kier molecular flexibility index (Phi) is 6.41. The van der Waals surface area contributed by atoms with Gasteiger partial charge in [0.2, 0.25) is 5.91 Å². The van der Waals surface area contributed by atoms with Crippen LogP contribution in [0.2, 0.25) is 0 Å². The fourth-order valence-electron chi connectivity index (χ4n) is 4.00. The molecule has 3 rings (SSSR count). The van der Waals surface area contributed by atoms with Crippen molar-refractivity contribution in [3.05, 3.63) is 34.3 Å². The van der Waals surface area contributed by atoms with E-state index in [0.717, 1.165) is 35.7 Å². The smallest absolute Gasteiger partial charge is 0.235 e. The monoisotopic (exact) mass is 443 g/mol. The molecule has 144 valence electrons. The molecule has 0 atom stereocenters. The van der Waals surface area contributed by atoms with Crippen molar-refractivity contribution < 1.29 is 17.9 Å². The second-order valence-corrected chi connectivity index (χ2v) is 10.6. The van der Waals surface area contributed by atoms with Gasteiger partial charge in [0.1, 0.15) is 5.75 Å². The number of sulfone groups is 1. The number of ether oxygens (including phenoxy) is 1. The van der Waals surface area contributed by atoms with Crippen molar-refractivity contribution in [2.45, 2.75) is 49.2 Å². The molecule has 1 aliphatic heterocycles. The lowest BCUT2D eigenvalue weighted by atomic mass is 9.74. The Morgan fingerprint density at radius 3 is 2.38 bits per heavy atom. The minimum absolute atomic E-state index is 0.203. The highest BCUT2D eigenvalue weighted by Crippen LogP contribution is 2.35. The van der Waals surface area contributed by atoms with E-state index in [1.165, 1.54) is 0 Å². The predicted octanol–water partition coefficient (Wildman–Crippen LogP) is 2.97. The van der Waals surface area contributed by atoms with Gasteiger partial charge in [-0.2, -0.15) is 0 Å². The lowest BCUT2D eigenvalue weighted by molar-refractivity contribution is -0.119. The summed E-state index contributed by atoms with van der Waals surface area (Å²) in [7, 11) is -3.35. The van der Waals surface area contributed by atoms with E-state index in [-0.39, 0.29) is 16.6 Å². The first-order valence-corrected chi connectivity index (χ1v) is 11.7. The van der Waals surface area contributed by atoms with E-state index in [0.29, 0.717) is 32.6 Å². The zero-order valence-electron chi connectivity index (χ0n) is 14.9. The van der Waals surface area contributed by atoms with Crippen LogP contribution >= 0.6 is 15.9 Å². The van der Waals surface area contributed by atoms with E-state index in [1.54, 1.807) is 0 Å². The summed E-state index contributed by atoms with van der Waals surface area (Å²) >= 11 is 3.45. The molecular weight excluding hydrogens is 418 g/mol. The number of carbonyl (C=O) groups excluding carboxylic acids is 1. The molecule has 0 aromatic heterocycles. The second kappa shape index (κ2) is 8.40. The topological polar surface area (TPSA) is 72.5 Å². The second-order valence-electron chi connectivity index (χ2n) is 7.39. The van der Waals surface area contributed by atoms with Gasteiger partial charge < -0.3 is 10.1 Å². The number of nitrogens with one attached hydrogen (secondary N) is 1. The Balaban J connectivity index is 1.66. The minimum Gasteiger partial charge on any atom is -0.381 e. The third-order valence-electron chi connectivity index (χ3n) is 5.67. The standard InChI is InChI=1S/C19H26BrNO4S/c20-16-7-5-15(6-8-16)19(9-11-25-12-10-19)14-21-18(22)13-26(23,24)17-3-1-2-4-17/h5-8,17H,1-4,9-14H2,(H,21,22). The molecule has 7 heteroatoms. The summed E-state index contributed by atoms with van der Waals surface area (Å²) in [4.78, 5) is 12.4. The SMILES string of the molecule is O=C(CS(=O)(=O)C1CCCC1)NCC1(c2ccc(Br)cc2)CCOCC1. The van der Waals surface area contributed by atoms with E-state index in [2.05, 4.69) is 33.4 Å². The predicted molar refractivity (Wildman–Crippen MR) is 105 cm³/mol. The quantitative estimate of drug-likeness (QED) is 0.733. The van der Waals surface area contributed by atoms with Crippen molar-refractivity contribution in [1.29, 1.82) is 0 Å². The Bertz CT molecular complexity index is 720. The highest BCUT2D eigenvalue weighted by atomic mass is 79.9. The molecule has 1 aromatic carbocycles. The van der Waals surface area contributed by atoms with Crippen LogP contribution in [-0.2, 0) is 24.8 Å². The van der Waals surface area contributed by atoms with Crippen molar-refractivity contribution in [2.24, 2.45) is 0 Å². The van der Waals surface area contributed by atoms with Gasteiger partial charge in [-0.15, -0.1) is 0 Å². The van der Waals surface area contributed by atoms with Crippen LogP contribution in [0.3, 0.4) is 0 Å². The Morgan fingerprint density at radius 2 is 1.77 bits per heavy atom. The van der Waals surface area contributed by atoms with Gasteiger partial charge in [0.15, 0.2) is 9.84 Å². The molecule has 0 unspecified atom stereocenters. The van der Waals surface area contributed by atoms with E-state index < -0.39 is 15.6 Å². The summed E-state index contributed by atoms with van der Waals surface area (Å²) in [5, 5.41) is 2.56. The lowest BCUT2D eigenvalue weighted by Crippen LogP contribution is -2.46. The molecule has 2 aliphatic rings. The molecule has 1 aromatic rings. The normalized spacial score (nSPS) is 20.8. The number of hydrogen-bond acceptors (Lipinski definition) is 4. The van der Waals surface area contributed by atoms with Crippen molar-refractivity contribution in [3.63, 3.8) is 0 Å². The summed E-state index contributed by atoms with van der Waals surface area (Å²) in [6.45, 7) is 1.73. The maximum absolute atomic E-state index is 12.4. The van der Waals surface area contributed by atoms with E-state index in [4.69, 9.17) is 4.74 Å². The Labute approximate surface area is 163 Å². The minimum atomic E-state index is -3.35. The molecule has 1 N–H and O–H groups in total. The Hall–Kier alpha value is -0.920. The summed E-state index contributed by atoms with van der Waals surface area (Å²) in [5.74, 6) is -0.787. The van der Waals surface area contributed by atoms with E-state index in [1.807, 2.05) is 12.1 Å². The average Bonchev–Trinajstić information content (AvgIpc) is 3.17. The number of halogens is 1. The van der Waals surface area contributed by atoms with Crippen LogP contribution in [0.4, 0.5) is 0 Å². The van der Waals surface area contributed by atoms with Crippen molar-refractivity contribution >= 4 is 31.7 Å². The van der Waals surface area contributed by atoms with Gasteiger partial charge in [0.05, 0.1) is 5.25 Å². The zero-order valence-corrected chi connectivity index (χ0v) is 17.3. The zero-order chi connectivity index (χ0) is 18.6. The van der Waals surface area contributed by atoms with Gasteiger partial charge in [0, 0.05) is 29.6 Å². The van der Waals surface area contributed by atoms with Crippen molar-refractivity contribution in [3.8, 4) is 0 Å². The van der Waals surface area contributed by atoms with Crippen LogP contribution < -0.4 is 5.32 Å². The van der Waals surface area contributed by atoms with Gasteiger partial charge >= 0.3 is 0 Å². The van der Waals surface area contributed by atoms with Crippen LogP contribution in [-0.4, -0.2) is 45.1 Å². The molecule has 0 bridgehead atoms. The van der Waals surface area contributed by atoms with Gasteiger partial charge in [-0.05, 0) is 43.4 Å². The number of carbonyl (C=O) groups is 1. The largest absolute Gasteiger partial charge is 0.381 e. The Morgan fingerprint density at radius 1 is 1.15 bits per heavy atom. The molecule has 5 nitrogen and oxygen atoms in total. The molecule has 1 amide bonds. The van der Waals surface area contributed by atoms with Gasteiger partial charge in [-0.3, -0.25) is 4.79 Å². The third-order valence-corrected chi connectivity index (χ3v) is 8.35. The fourth-order valence-corrected chi connectivity index (χ4v) is 6.02. The van der Waals surface area contributed by atoms with Crippen molar-refractivity contribution in [2.75, 3.05) is 25.5 Å². The third kappa shape index (κ3) is 4.67. The summed E-state index contributed by atoms with van der Waals surface area (Å²) < 4.78 is 31.3. The van der Waals surface area contributed by atoms with Gasteiger partial charge in [0.25, 0.3) is 0 Å². The van der Waals surface area contributed by atoms with Crippen molar-refractivity contribution in [1.82, 2.24) is 5.32 Å². The molecule has 1 aliphatic carbocycles. The first kappa shape index (κ1) is 19.8. The van der Waals surface area contributed by atoms with Gasteiger partial charge in [-0.1, -0.05) is 40.9 Å². The summed E-state index contributed by atoms with van der Waals surface area (Å²) in [5.41, 5.74) is 0.953. The summed E-state index contributed by atoms with van der Waals surface area (Å²) in [6, 6.07) is 8.13. The molecule has 26 heavy (non-hydrogen) atoms. The molecule has 2 fully saturated rings. The van der Waals surface area contributed by atoms with Crippen LogP contribution in [0.25, 0.3) is 0 Å². The molecular formula is C19H26BrNO4S. The van der Waals surface area contributed by atoms with Crippen LogP contribution in [0.1, 0.15) is 44.1 Å². The average molecular weight is 444 g/mol. The molecule has 1 saturated carbocycles.